The van der Waals surface area contributed by atoms with Gasteiger partial charge in [0.05, 0.1) is 0 Å². The second-order valence-electron chi connectivity index (χ2n) is 3.52. The van der Waals surface area contributed by atoms with E-state index in [0.717, 1.165) is 12.5 Å². The number of alkyl halides is 2. The van der Waals surface area contributed by atoms with Gasteiger partial charge in [0.2, 0.25) is 0 Å². The van der Waals surface area contributed by atoms with E-state index in [-0.39, 0.29) is 5.69 Å². The highest BCUT2D eigenvalue weighted by Crippen LogP contribution is 2.36. The molecule has 0 fully saturated rings. The van der Waals surface area contributed by atoms with Crippen LogP contribution in [0.15, 0.2) is 30.3 Å². The molecule has 1 aromatic heterocycles. The number of nitrogens with zero attached hydrogens (tertiary/aromatic N) is 1. The Bertz CT molecular complexity index is 488. The molecule has 0 bridgehead atoms. The summed E-state index contributed by atoms with van der Waals surface area (Å²) in [7, 11) is 0. The summed E-state index contributed by atoms with van der Waals surface area (Å²) >= 11 is 1.95. The summed E-state index contributed by atoms with van der Waals surface area (Å²) in [4.78, 5) is 0. The molecule has 2 aromatic rings. The van der Waals surface area contributed by atoms with Crippen molar-refractivity contribution in [1.82, 2.24) is 10.2 Å². The Morgan fingerprint density at radius 2 is 1.88 bits per heavy atom. The first-order valence-corrected chi connectivity index (χ1v) is 5.75. The van der Waals surface area contributed by atoms with Gasteiger partial charge in [0.1, 0.15) is 9.39 Å². The molecule has 1 aromatic carbocycles. The highest BCUT2D eigenvalue weighted by molar-refractivity contribution is 14.1. The number of hydrogen-bond donors (Lipinski definition) is 1. The van der Waals surface area contributed by atoms with Crippen molar-refractivity contribution < 1.29 is 8.78 Å². The predicted octanol–water partition coefficient (Wildman–Crippen LogP) is 3.79. The average Bonchev–Trinajstić information content (AvgIpc) is 2.61. The third-order valence-electron chi connectivity index (χ3n) is 2.22. The molecule has 1 heterocycles. The summed E-state index contributed by atoms with van der Waals surface area (Å²) in [5.74, 6) is -2.92. The summed E-state index contributed by atoms with van der Waals surface area (Å²) in [6.07, 6.45) is 0. The summed E-state index contributed by atoms with van der Waals surface area (Å²) < 4.78 is 27.2. The van der Waals surface area contributed by atoms with Gasteiger partial charge in [0.25, 0.3) is 5.92 Å². The highest BCUT2D eigenvalue weighted by Gasteiger charge is 2.31. The van der Waals surface area contributed by atoms with Crippen LogP contribution in [0.2, 0.25) is 0 Å². The Morgan fingerprint density at radius 1 is 1.25 bits per heavy atom. The quantitative estimate of drug-likeness (QED) is 0.832. The molecule has 0 aliphatic heterocycles. The molecular formula is C11H9F2IN2. The minimum Gasteiger partial charge on any atom is -0.275 e. The number of aromatic amines is 1. The van der Waals surface area contributed by atoms with Gasteiger partial charge in [-0.05, 0) is 28.2 Å². The number of aromatic nitrogens is 2. The SMILES string of the molecule is CC(F)(F)c1[nH]nc(I)c1-c1ccccc1. The molecule has 0 aliphatic rings. The molecule has 16 heavy (non-hydrogen) atoms. The first-order valence-electron chi connectivity index (χ1n) is 4.67. The predicted molar refractivity (Wildman–Crippen MR) is 66.3 cm³/mol. The van der Waals surface area contributed by atoms with Crippen molar-refractivity contribution in [2.45, 2.75) is 12.8 Å². The lowest BCUT2D eigenvalue weighted by Gasteiger charge is -2.10. The molecule has 0 aliphatic carbocycles. The van der Waals surface area contributed by atoms with Gasteiger partial charge in [0.15, 0.2) is 0 Å². The second kappa shape index (κ2) is 4.12. The molecule has 84 valence electrons. The Kier molecular flexibility index (Phi) is 2.96. The minimum atomic E-state index is -2.92. The molecule has 0 atom stereocenters. The van der Waals surface area contributed by atoms with Crippen LogP contribution in [0.25, 0.3) is 11.1 Å². The van der Waals surface area contributed by atoms with Crippen molar-refractivity contribution in [3.63, 3.8) is 0 Å². The lowest BCUT2D eigenvalue weighted by atomic mass is 10.0. The van der Waals surface area contributed by atoms with Gasteiger partial charge in [0, 0.05) is 12.5 Å². The van der Waals surface area contributed by atoms with Gasteiger partial charge in [-0.15, -0.1) is 0 Å². The van der Waals surface area contributed by atoms with Crippen LogP contribution in [-0.4, -0.2) is 10.2 Å². The number of H-pyrrole nitrogens is 1. The number of halogens is 3. The van der Waals surface area contributed by atoms with Crippen LogP contribution < -0.4 is 0 Å². The van der Waals surface area contributed by atoms with Crippen LogP contribution in [0.4, 0.5) is 8.78 Å². The molecule has 0 saturated heterocycles. The Balaban J connectivity index is 2.61. The van der Waals surface area contributed by atoms with E-state index in [1.807, 2.05) is 40.8 Å². The van der Waals surface area contributed by atoms with E-state index < -0.39 is 5.92 Å². The van der Waals surface area contributed by atoms with Crippen molar-refractivity contribution in [3.05, 3.63) is 39.7 Å². The zero-order valence-corrected chi connectivity index (χ0v) is 10.6. The molecule has 0 unspecified atom stereocenters. The molecule has 0 amide bonds. The first kappa shape index (κ1) is 11.5. The fraction of sp³-hybridized carbons (Fsp3) is 0.182. The fourth-order valence-electron chi connectivity index (χ4n) is 1.51. The van der Waals surface area contributed by atoms with Gasteiger partial charge in [-0.3, -0.25) is 5.10 Å². The average molecular weight is 334 g/mol. The molecule has 2 rings (SSSR count). The standard InChI is InChI=1S/C11H9F2IN2/c1-11(12,13)9-8(10(14)16-15-9)7-5-3-2-4-6-7/h2-6H,1H3,(H,15,16). The van der Waals surface area contributed by atoms with Gasteiger partial charge in [-0.25, -0.2) is 0 Å². The van der Waals surface area contributed by atoms with E-state index in [1.165, 1.54) is 0 Å². The zero-order valence-electron chi connectivity index (χ0n) is 8.47. The van der Waals surface area contributed by atoms with Crippen LogP contribution in [0.3, 0.4) is 0 Å². The van der Waals surface area contributed by atoms with Crippen molar-refractivity contribution in [1.29, 1.82) is 0 Å². The second-order valence-corrected chi connectivity index (χ2v) is 4.54. The maximum absolute atomic E-state index is 13.3. The molecule has 0 saturated carbocycles. The summed E-state index contributed by atoms with van der Waals surface area (Å²) in [6.45, 7) is 0.864. The Morgan fingerprint density at radius 3 is 2.44 bits per heavy atom. The van der Waals surface area contributed by atoms with Crippen LogP contribution >= 0.6 is 22.6 Å². The monoisotopic (exact) mass is 334 g/mol. The van der Waals surface area contributed by atoms with Crippen molar-refractivity contribution in [2.75, 3.05) is 0 Å². The molecule has 1 N–H and O–H groups in total. The number of nitrogens with one attached hydrogen (secondary N) is 1. The lowest BCUT2D eigenvalue weighted by Crippen LogP contribution is -2.09. The summed E-state index contributed by atoms with van der Waals surface area (Å²) in [5.41, 5.74) is 1.09. The fourth-order valence-corrected chi connectivity index (χ4v) is 2.21. The van der Waals surface area contributed by atoms with Crippen molar-refractivity contribution in [3.8, 4) is 11.1 Å². The summed E-state index contributed by atoms with van der Waals surface area (Å²) in [6, 6.07) is 9.07. The Labute approximate surface area is 105 Å². The third-order valence-corrected chi connectivity index (χ3v) is 3.00. The van der Waals surface area contributed by atoms with E-state index >= 15 is 0 Å². The highest BCUT2D eigenvalue weighted by atomic mass is 127. The largest absolute Gasteiger partial charge is 0.287 e. The normalized spacial score (nSPS) is 11.8. The van der Waals surface area contributed by atoms with Crippen molar-refractivity contribution >= 4 is 22.6 Å². The van der Waals surface area contributed by atoms with E-state index in [2.05, 4.69) is 10.2 Å². The van der Waals surface area contributed by atoms with Gasteiger partial charge < -0.3 is 0 Å². The first-order chi connectivity index (χ1) is 7.50. The molecule has 2 nitrogen and oxygen atoms in total. The van der Waals surface area contributed by atoms with Gasteiger partial charge >= 0.3 is 0 Å². The number of benzene rings is 1. The van der Waals surface area contributed by atoms with Crippen LogP contribution in [0.1, 0.15) is 12.6 Å². The van der Waals surface area contributed by atoms with Crippen molar-refractivity contribution in [2.24, 2.45) is 0 Å². The van der Waals surface area contributed by atoms with Gasteiger partial charge in [-0.1, -0.05) is 30.3 Å². The third kappa shape index (κ3) is 2.09. The van der Waals surface area contributed by atoms with E-state index in [4.69, 9.17) is 0 Å². The topological polar surface area (TPSA) is 28.7 Å². The zero-order chi connectivity index (χ0) is 11.8. The maximum atomic E-state index is 13.3. The maximum Gasteiger partial charge on any atom is 0.287 e. The molecular weight excluding hydrogens is 325 g/mol. The van der Waals surface area contributed by atoms with Crippen LogP contribution in [0.5, 0.6) is 0 Å². The Hall–Kier alpha value is -0.980. The molecule has 5 heteroatoms. The molecule has 0 spiro atoms. The van der Waals surface area contributed by atoms with E-state index in [0.29, 0.717) is 9.26 Å². The smallest absolute Gasteiger partial charge is 0.275 e. The lowest BCUT2D eigenvalue weighted by molar-refractivity contribution is 0.0133. The van der Waals surface area contributed by atoms with E-state index in [1.54, 1.807) is 12.1 Å². The van der Waals surface area contributed by atoms with Gasteiger partial charge in [-0.2, -0.15) is 13.9 Å². The van der Waals surface area contributed by atoms with E-state index in [9.17, 15) is 8.78 Å². The van der Waals surface area contributed by atoms with Crippen LogP contribution in [0, 0.1) is 3.70 Å². The van der Waals surface area contributed by atoms with Crippen LogP contribution in [-0.2, 0) is 5.92 Å². The summed E-state index contributed by atoms with van der Waals surface area (Å²) in [5, 5.41) is 6.25. The molecule has 0 radical (unpaired) electrons. The minimum absolute atomic E-state index is 0.136. The number of rotatable bonds is 2. The number of hydrogen-bond acceptors (Lipinski definition) is 1.